The second-order valence-corrected chi connectivity index (χ2v) is 5.52. The number of likely N-dealkylation sites (tertiary alicyclic amines) is 1. The highest BCUT2D eigenvalue weighted by atomic mass is 19.1. The Morgan fingerprint density at radius 1 is 1.52 bits per heavy atom. The van der Waals surface area contributed by atoms with E-state index < -0.39 is 0 Å². The molecule has 1 aliphatic rings. The number of aromatic amines is 1. The molecule has 0 saturated carbocycles. The molecule has 1 fully saturated rings. The molecule has 2 aromatic rings. The first kappa shape index (κ1) is 14.0. The summed E-state index contributed by atoms with van der Waals surface area (Å²) in [5.41, 5.74) is 1.67. The zero-order chi connectivity index (χ0) is 14.8. The molecule has 3 rings (SSSR count). The smallest absolute Gasteiger partial charge is 0.150 e. The highest BCUT2D eigenvalue weighted by Gasteiger charge is 2.25. The molecule has 2 heterocycles. The number of H-pyrrole nitrogens is 1. The molecule has 1 N–H and O–H groups in total. The molecule has 1 unspecified atom stereocenters. The Balaban J connectivity index is 1.90. The van der Waals surface area contributed by atoms with Crippen LogP contribution in [0.1, 0.15) is 18.4 Å². The van der Waals surface area contributed by atoms with E-state index in [4.69, 9.17) is 11.2 Å². The van der Waals surface area contributed by atoms with Crippen LogP contribution in [0.25, 0.3) is 10.9 Å². The van der Waals surface area contributed by atoms with Crippen molar-refractivity contribution < 1.29 is 9.13 Å². The van der Waals surface area contributed by atoms with Crippen molar-refractivity contribution in [3.63, 3.8) is 0 Å². The minimum Gasteiger partial charge on any atom is -0.497 e. The average Bonchev–Trinajstić information content (AvgIpc) is 3.08. The molecule has 0 amide bonds. The Kier molecular flexibility index (Phi) is 3.85. The number of rotatable bonds is 4. The number of hydrogen-bond donors (Lipinski definition) is 1. The summed E-state index contributed by atoms with van der Waals surface area (Å²) < 4.78 is 19.2. The summed E-state index contributed by atoms with van der Waals surface area (Å²) >= 11 is 0. The average molecular weight is 286 g/mol. The number of methoxy groups -OCH3 is 1. The van der Waals surface area contributed by atoms with Gasteiger partial charge >= 0.3 is 0 Å². The van der Waals surface area contributed by atoms with Crippen molar-refractivity contribution in [2.45, 2.75) is 25.3 Å². The summed E-state index contributed by atoms with van der Waals surface area (Å²) in [7, 11) is 1.55. The van der Waals surface area contributed by atoms with Crippen LogP contribution in [0.15, 0.2) is 18.3 Å². The van der Waals surface area contributed by atoms with Crippen LogP contribution in [-0.4, -0.2) is 36.1 Å². The summed E-state index contributed by atoms with van der Waals surface area (Å²) in [6, 6.07) is 3.74. The lowest BCUT2D eigenvalue weighted by Crippen LogP contribution is -2.31. The predicted molar refractivity (Wildman–Crippen MR) is 81.9 cm³/mol. The lowest BCUT2D eigenvalue weighted by molar-refractivity contribution is 0.284. The van der Waals surface area contributed by atoms with E-state index in [-0.39, 0.29) is 5.82 Å². The van der Waals surface area contributed by atoms with Crippen molar-refractivity contribution in [2.75, 3.05) is 20.2 Å². The molecule has 21 heavy (non-hydrogen) atoms. The van der Waals surface area contributed by atoms with Crippen LogP contribution in [0.3, 0.4) is 0 Å². The molecule has 1 saturated heterocycles. The number of nitrogens with one attached hydrogen (secondary N) is 1. The Bertz CT molecular complexity index is 686. The molecule has 0 radical (unpaired) electrons. The van der Waals surface area contributed by atoms with Gasteiger partial charge in [-0.15, -0.1) is 6.42 Å². The third kappa shape index (κ3) is 2.62. The number of terminal acetylenes is 1. The fourth-order valence-corrected chi connectivity index (χ4v) is 3.21. The lowest BCUT2D eigenvalue weighted by atomic mass is 10.0. The highest BCUT2D eigenvalue weighted by molar-refractivity contribution is 5.85. The van der Waals surface area contributed by atoms with Gasteiger partial charge in [0.05, 0.1) is 19.2 Å². The molecule has 4 heteroatoms. The van der Waals surface area contributed by atoms with Gasteiger partial charge in [0.25, 0.3) is 0 Å². The molecule has 0 aliphatic carbocycles. The van der Waals surface area contributed by atoms with E-state index in [9.17, 15) is 4.39 Å². The number of hydrogen-bond acceptors (Lipinski definition) is 2. The van der Waals surface area contributed by atoms with Crippen molar-refractivity contribution in [1.82, 2.24) is 9.88 Å². The van der Waals surface area contributed by atoms with Crippen LogP contribution < -0.4 is 4.74 Å². The van der Waals surface area contributed by atoms with Crippen molar-refractivity contribution in [3.05, 3.63) is 29.7 Å². The third-order valence-corrected chi connectivity index (χ3v) is 4.29. The van der Waals surface area contributed by atoms with E-state index in [0.717, 1.165) is 30.3 Å². The number of ether oxygens (including phenoxy) is 1. The van der Waals surface area contributed by atoms with Gasteiger partial charge in [0.15, 0.2) is 5.82 Å². The molecule has 110 valence electrons. The normalized spacial score (nSPS) is 19.0. The summed E-state index contributed by atoms with van der Waals surface area (Å²) in [6.45, 7) is 1.74. The molecule has 0 bridgehead atoms. The Morgan fingerprint density at radius 3 is 3.14 bits per heavy atom. The molecule has 1 aromatic carbocycles. The quantitative estimate of drug-likeness (QED) is 0.875. The number of fused-ring (bicyclic) bond motifs is 1. The second-order valence-electron chi connectivity index (χ2n) is 5.52. The van der Waals surface area contributed by atoms with Crippen molar-refractivity contribution in [1.29, 1.82) is 0 Å². The van der Waals surface area contributed by atoms with Gasteiger partial charge in [-0.25, -0.2) is 4.39 Å². The third-order valence-electron chi connectivity index (χ3n) is 4.29. The molecule has 1 atom stereocenters. The summed E-state index contributed by atoms with van der Waals surface area (Å²) in [4.78, 5) is 5.37. The minimum absolute atomic E-state index is 0.275. The zero-order valence-corrected chi connectivity index (χ0v) is 12.2. The Morgan fingerprint density at radius 2 is 2.38 bits per heavy atom. The molecule has 3 nitrogen and oxygen atoms in total. The SMILES string of the molecule is C#CCN1CCCC1Cc1c[nH]c2c(F)cc(OC)cc12. The number of nitrogens with zero attached hydrogens (tertiary/aromatic N) is 1. The topological polar surface area (TPSA) is 28.3 Å². The van der Waals surface area contributed by atoms with Crippen LogP contribution >= 0.6 is 0 Å². The lowest BCUT2D eigenvalue weighted by Gasteiger charge is -2.21. The van der Waals surface area contributed by atoms with E-state index in [1.54, 1.807) is 7.11 Å². The second kappa shape index (κ2) is 5.79. The van der Waals surface area contributed by atoms with Gasteiger partial charge in [0.1, 0.15) is 5.75 Å². The predicted octanol–water partition coefficient (Wildman–Crippen LogP) is 2.96. The summed E-state index contributed by atoms with van der Waals surface area (Å²) in [5, 5.41) is 0.902. The molecular weight excluding hydrogens is 267 g/mol. The van der Waals surface area contributed by atoms with Crippen LogP contribution in [0.4, 0.5) is 4.39 Å². The molecule has 0 spiro atoms. The van der Waals surface area contributed by atoms with Gasteiger partial charge in [-0.3, -0.25) is 4.90 Å². The molecule has 1 aliphatic heterocycles. The van der Waals surface area contributed by atoms with Gasteiger partial charge < -0.3 is 9.72 Å². The minimum atomic E-state index is -0.275. The molecule has 1 aromatic heterocycles. The first-order valence-corrected chi connectivity index (χ1v) is 7.24. The van der Waals surface area contributed by atoms with Gasteiger partial charge in [0.2, 0.25) is 0 Å². The molecular formula is C17H19FN2O. The van der Waals surface area contributed by atoms with E-state index >= 15 is 0 Å². The van der Waals surface area contributed by atoms with Gasteiger partial charge in [-0.05, 0) is 37.4 Å². The fourth-order valence-electron chi connectivity index (χ4n) is 3.21. The number of benzene rings is 1. The Labute approximate surface area is 124 Å². The van der Waals surface area contributed by atoms with Crippen LogP contribution in [0.2, 0.25) is 0 Å². The van der Waals surface area contributed by atoms with Gasteiger partial charge in [0, 0.05) is 23.7 Å². The maximum Gasteiger partial charge on any atom is 0.150 e. The van der Waals surface area contributed by atoms with Crippen LogP contribution in [-0.2, 0) is 6.42 Å². The van der Waals surface area contributed by atoms with Gasteiger partial charge in [-0.1, -0.05) is 5.92 Å². The standard InChI is InChI=1S/C17H19FN2O/c1-3-6-20-7-4-5-13(20)8-12-11-19-17-15(12)9-14(21-2)10-16(17)18/h1,9-11,13,19H,4-8H2,2H3. The fraction of sp³-hybridized carbons (Fsp3) is 0.412. The highest BCUT2D eigenvalue weighted by Crippen LogP contribution is 2.29. The maximum absolute atomic E-state index is 14.0. The van der Waals surface area contributed by atoms with E-state index in [1.165, 1.54) is 12.5 Å². The summed E-state index contributed by atoms with van der Waals surface area (Å²) in [5.74, 6) is 3.00. The van der Waals surface area contributed by atoms with Crippen molar-refractivity contribution in [2.24, 2.45) is 0 Å². The van der Waals surface area contributed by atoms with E-state index in [0.29, 0.717) is 23.9 Å². The summed E-state index contributed by atoms with van der Waals surface area (Å²) in [6.07, 6.45) is 10.5. The van der Waals surface area contributed by atoms with E-state index in [2.05, 4.69) is 15.8 Å². The Hall–Kier alpha value is -1.99. The first-order chi connectivity index (χ1) is 10.2. The zero-order valence-electron chi connectivity index (χ0n) is 12.2. The largest absolute Gasteiger partial charge is 0.497 e. The number of halogens is 1. The van der Waals surface area contributed by atoms with Crippen molar-refractivity contribution in [3.8, 4) is 18.1 Å². The van der Waals surface area contributed by atoms with Gasteiger partial charge in [-0.2, -0.15) is 0 Å². The number of aromatic nitrogens is 1. The van der Waals surface area contributed by atoms with Crippen LogP contribution in [0.5, 0.6) is 5.75 Å². The van der Waals surface area contributed by atoms with Crippen molar-refractivity contribution >= 4 is 10.9 Å². The monoisotopic (exact) mass is 286 g/mol. The maximum atomic E-state index is 14.0. The first-order valence-electron chi connectivity index (χ1n) is 7.24. The van der Waals surface area contributed by atoms with E-state index in [1.807, 2.05) is 12.3 Å². The van der Waals surface area contributed by atoms with Crippen LogP contribution in [0, 0.1) is 18.2 Å².